The smallest absolute Gasteiger partial charge is 0.0852 e. The van der Waals surface area contributed by atoms with Crippen molar-refractivity contribution in [2.45, 2.75) is 6.61 Å². The maximum absolute atomic E-state index is 8.72. The molecule has 0 spiro atoms. The van der Waals surface area contributed by atoms with Crippen LogP contribution in [-0.2, 0) is 6.61 Å². The van der Waals surface area contributed by atoms with E-state index in [0.717, 1.165) is 11.1 Å². The molecule has 2 heteroatoms. The van der Waals surface area contributed by atoms with E-state index < -0.39 is 0 Å². The van der Waals surface area contributed by atoms with Crippen LogP contribution in [-0.4, -0.2) is 10.1 Å². The highest BCUT2D eigenvalue weighted by atomic mass is 16.3. The van der Waals surface area contributed by atoms with Crippen molar-refractivity contribution < 1.29 is 5.11 Å². The average Bonchev–Trinajstić information content (AvgIpc) is 2.17. The van der Waals surface area contributed by atoms with Gasteiger partial charge in [-0.2, -0.15) is 0 Å². The van der Waals surface area contributed by atoms with Crippen molar-refractivity contribution in [3.05, 3.63) is 48.8 Å². The van der Waals surface area contributed by atoms with Gasteiger partial charge in [0.25, 0.3) is 0 Å². The van der Waals surface area contributed by atoms with Gasteiger partial charge in [-0.3, -0.25) is 4.98 Å². The van der Waals surface area contributed by atoms with E-state index in [1.54, 1.807) is 18.3 Å². The van der Waals surface area contributed by atoms with Crippen molar-refractivity contribution in [1.29, 1.82) is 0 Å². The molecule has 0 bridgehead atoms. The Morgan fingerprint density at radius 2 is 2.33 bits per heavy atom. The number of aromatic nitrogens is 1. The third kappa shape index (κ3) is 1.80. The van der Waals surface area contributed by atoms with Gasteiger partial charge in [0.15, 0.2) is 0 Å². The van der Waals surface area contributed by atoms with Crippen LogP contribution in [0, 0.1) is 0 Å². The first-order valence-corrected chi connectivity index (χ1v) is 3.65. The van der Waals surface area contributed by atoms with Gasteiger partial charge >= 0.3 is 0 Å². The number of rotatable bonds is 3. The quantitative estimate of drug-likeness (QED) is 0.685. The highest BCUT2D eigenvalue weighted by Gasteiger charge is 1.95. The molecule has 0 radical (unpaired) electrons. The zero-order chi connectivity index (χ0) is 8.97. The predicted molar refractivity (Wildman–Crippen MR) is 49.4 cm³/mol. The molecule has 0 aromatic carbocycles. The first-order chi connectivity index (χ1) is 5.77. The molecule has 0 amide bonds. The van der Waals surface area contributed by atoms with Gasteiger partial charge in [0.2, 0.25) is 0 Å². The molecule has 1 aromatic heterocycles. The van der Waals surface area contributed by atoms with Crippen molar-refractivity contribution in [3.63, 3.8) is 0 Å². The molecule has 1 aromatic rings. The molecule has 12 heavy (non-hydrogen) atoms. The Balaban J connectivity index is 2.91. The summed E-state index contributed by atoms with van der Waals surface area (Å²) < 4.78 is 0. The topological polar surface area (TPSA) is 33.1 Å². The van der Waals surface area contributed by atoms with Gasteiger partial charge in [-0.1, -0.05) is 25.3 Å². The van der Waals surface area contributed by atoms with Crippen LogP contribution in [0.15, 0.2) is 37.6 Å². The zero-order valence-electron chi connectivity index (χ0n) is 6.83. The average molecular weight is 161 g/mol. The van der Waals surface area contributed by atoms with Gasteiger partial charge in [0.1, 0.15) is 0 Å². The van der Waals surface area contributed by atoms with Gasteiger partial charge in [0.05, 0.1) is 12.3 Å². The van der Waals surface area contributed by atoms with Gasteiger partial charge in [-0.25, -0.2) is 0 Å². The number of pyridine rings is 1. The van der Waals surface area contributed by atoms with Gasteiger partial charge in [0, 0.05) is 6.20 Å². The molecule has 0 unspecified atom stereocenters. The third-order valence-electron chi connectivity index (χ3n) is 1.60. The van der Waals surface area contributed by atoms with E-state index in [9.17, 15) is 0 Å². The summed E-state index contributed by atoms with van der Waals surface area (Å²) in [6.07, 6.45) is 3.35. The Morgan fingerprint density at radius 1 is 1.58 bits per heavy atom. The fraction of sp³-hybridized carbons (Fsp3) is 0.100. The fourth-order valence-corrected chi connectivity index (χ4v) is 0.826. The molecule has 1 rings (SSSR count). The molecular weight excluding hydrogens is 150 g/mol. The molecule has 1 N–H and O–H groups in total. The molecule has 0 aliphatic carbocycles. The van der Waals surface area contributed by atoms with Crippen LogP contribution in [0.3, 0.4) is 0 Å². The number of aliphatic hydroxyl groups is 1. The van der Waals surface area contributed by atoms with Crippen molar-refractivity contribution in [2.75, 3.05) is 0 Å². The molecule has 0 saturated heterocycles. The number of nitrogens with zero attached hydrogens (tertiary/aromatic N) is 1. The largest absolute Gasteiger partial charge is 0.390 e. The van der Waals surface area contributed by atoms with E-state index in [4.69, 9.17) is 5.11 Å². The van der Waals surface area contributed by atoms with Gasteiger partial charge < -0.3 is 5.11 Å². The van der Waals surface area contributed by atoms with E-state index in [2.05, 4.69) is 18.1 Å². The SMILES string of the molecule is C=CC(=C)c1ccc(CO)nc1. The van der Waals surface area contributed by atoms with Crippen LogP contribution in [0.1, 0.15) is 11.3 Å². The lowest BCUT2D eigenvalue weighted by Crippen LogP contribution is -1.89. The normalized spacial score (nSPS) is 9.42. The van der Waals surface area contributed by atoms with Crippen LogP contribution in [0.2, 0.25) is 0 Å². The minimum Gasteiger partial charge on any atom is -0.390 e. The summed E-state index contributed by atoms with van der Waals surface area (Å²) in [6, 6.07) is 3.63. The summed E-state index contributed by atoms with van der Waals surface area (Å²) in [4.78, 5) is 4.01. The molecule has 62 valence electrons. The Hall–Kier alpha value is -1.41. The van der Waals surface area contributed by atoms with Crippen LogP contribution >= 0.6 is 0 Å². The third-order valence-corrected chi connectivity index (χ3v) is 1.60. The van der Waals surface area contributed by atoms with Crippen molar-refractivity contribution in [2.24, 2.45) is 0 Å². The molecule has 0 aliphatic heterocycles. The van der Waals surface area contributed by atoms with Crippen LogP contribution in [0.25, 0.3) is 5.57 Å². The van der Waals surface area contributed by atoms with Gasteiger partial charge in [-0.05, 0) is 17.2 Å². The number of aliphatic hydroxyl groups excluding tert-OH is 1. The highest BCUT2D eigenvalue weighted by Crippen LogP contribution is 2.11. The number of hydrogen-bond donors (Lipinski definition) is 1. The first kappa shape index (κ1) is 8.68. The maximum Gasteiger partial charge on any atom is 0.0852 e. The highest BCUT2D eigenvalue weighted by molar-refractivity contribution is 5.70. The number of hydrogen-bond acceptors (Lipinski definition) is 2. The Bertz CT molecular complexity index is 287. The lowest BCUT2D eigenvalue weighted by atomic mass is 10.1. The Kier molecular flexibility index (Phi) is 2.77. The molecular formula is C10H11NO. The molecule has 2 nitrogen and oxygen atoms in total. The van der Waals surface area contributed by atoms with E-state index in [1.807, 2.05) is 6.07 Å². The molecule has 0 aliphatic rings. The summed E-state index contributed by atoms with van der Waals surface area (Å²) in [5.41, 5.74) is 2.44. The lowest BCUT2D eigenvalue weighted by Gasteiger charge is -1.99. The fourth-order valence-electron chi connectivity index (χ4n) is 0.826. The number of allylic oxidation sites excluding steroid dienone is 2. The lowest BCUT2D eigenvalue weighted by molar-refractivity contribution is 0.277. The van der Waals surface area contributed by atoms with E-state index >= 15 is 0 Å². The monoisotopic (exact) mass is 161 g/mol. The second-order valence-corrected chi connectivity index (χ2v) is 2.43. The van der Waals surface area contributed by atoms with E-state index in [-0.39, 0.29) is 6.61 Å². The summed E-state index contributed by atoms with van der Waals surface area (Å²) in [5.74, 6) is 0. The molecule has 0 atom stereocenters. The van der Waals surface area contributed by atoms with Crippen molar-refractivity contribution in [3.8, 4) is 0 Å². The Morgan fingerprint density at radius 3 is 2.75 bits per heavy atom. The van der Waals surface area contributed by atoms with Crippen molar-refractivity contribution in [1.82, 2.24) is 4.98 Å². The standard InChI is InChI=1S/C10H11NO/c1-3-8(2)9-4-5-10(7-12)11-6-9/h3-6,12H,1-2,7H2. The minimum absolute atomic E-state index is 0.0269. The van der Waals surface area contributed by atoms with E-state index in [0.29, 0.717) is 5.69 Å². The van der Waals surface area contributed by atoms with Crippen molar-refractivity contribution >= 4 is 5.57 Å². The maximum atomic E-state index is 8.72. The molecule has 1 heterocycles. The summed E-state index contributed by atoms with van der Waals surface area (Å²) >= 11 is 0. The minimum atomic E-state index is -0.0269. The second kappa shape index (κ2) is 3.83. The molecule has 0 saturated carbocycles. The summed E-state index contributed by atoms with van der Waals surface area (Å²) in [6.45, 7) is 7.35. The van der Waals surface area contributed by atoms with Crippen LogP contribution in [0.4, 0.5) is 0 Å². The first-order valence-electron chi connectivity index (χ1n) is 3.65. The summed E-state index contributed by atoms with van der Waals surface area (Å²) in [7, 11) is 0. The van der Waals surface area contributed by atoms with Gasteiger partial charge in [-0.15, -0.1) is 0 Å². The van der Waals surface area contributed by atoms with Crippen LogP contribution in [0.5, 0.6) is 0 Å². The zero-order valence-corrected chi connectivity index (χ0v) is 6.83. The summed E-state index contributed by atoms with van der Waals surface area (Å²) in [5, 5.41) is 8.72. The van der Waals surface area contributed by atoms with E-state index in [1.165, 1.54) is 0 Å². The Labute approximate surface area is 71.9 Å². The van der Waals surface area contributed by atoms with Crippen LogP contribution < -0.4 is 0 Å². The second-order valence-electron chi connectivity index (χ2n) is 2.43. The molecule has 0 fully saturated rings. The predicted octanol–water partition coefficient (Wildman–Crippen LogP) is 1.77.